The predicted molar refractivity (Wildman–Crippen MR) is 393 cm³/mol. The van der Waals surface area contributed by atoms with E-state index in [9.17, 15) is 0 Å². The fraction of sp³-hybridized carbons (Fsp3) is 0. The van der Waals surface area contributed by atoms with E-state index >= 15 is 0 Å². The molecule has 16 aromatic rings. The first-order valence-corrected chi connectivity index (χ1v) is 35.3. The van der Waals surface area contributed by atoms with Gasteiger partial charge in [0.25, 0.3) is 0 Å². The summed E-state index contributed by atoms with van der Waals surface area (Å²) in [6.07, 6.45) is 0. The van der Waals surface area contributed by atoms with Crippen molar-refractivity contribution in [3.8, 4) is 0 Å². The maximum atomic E-state index is 2.35. The Hall–Kier alpha value is -6.85. The number of fused-ring (bicyclic) bond motifs is 4. The third-order valence-corrected chi connectivity index (χ3v) is 25.2. The molecular formula is C84H64Cl2P4Zr2-2. The molecule has 0 heterocycles. The number of benzene rings is 12. The number of rotatable bonds is 12. The Morgan fingerprint density at radius 2 is 0.293 bits per heavy atom. The average molecular weight is 1450 g/mol. The molecule has 0 saturated heterocycles. The Morgan fingerprint density at radius 1 is 0.163 bits per heavy atom. The minimum atomic E-state index is -0.493. The molecule has 0 N–H and O–H groups in total. The van der Waals surface area contributed by atoms with Gasteiger partial charge in [0.2, 0.25) is 0 Å². The van der Waals surface area contributed by atoms with Crippen molar-refractivity contribution in [3.63, 3.8) is 0 Å². The average Bonchev–Trinajstić information content (AvgIpc) is 1.73. The van der Waals surface area contributed by atoms with Crippen LogP contribution < -0.4 is 88.5 Å². The van der Waals surface area contributed by atoms with Gasteiger partial charge in [0, 0.05) is 0 Å². The quantitative estimate of drug-likeness (QED) is 0.0845. The summed E-state index contributed by atoms with van der Waals surface area (Å²) in [5.41, 5.74) is 0. The zero-order valence-corrected chi connectivity index (χ0v) is 60.5. The van der Waals surface area contributed by atoms with Crippen molar-refractivity contribution in [1.29, 1.82) is 0 Å². The smallest absolute Gasteiger partial charge is 1.00 e. The third kappa shape index (κ3) is 17.1. The van der Waals surface area contributed by atoms with E-state index in [0.717, 1.165) is 0 Å². The molecule has 0 bridgehead atoms. The Balaban J connectivity index is 0.000000143. The molecule has 0 aromatic heterocycles. The van der Waals surface area contributed by atoms with Crippen molar-refractivity contribution >= 4 is 138 Å². The molecule has 92 heavy (non-hydrogen) atoms. The van der Waals surface area contributed by atoms with E-state index in [1.54, 1.807) is 0 Å². The molecule has 8 heteroatoms. The van der Waals surface area contributed by atoms with Gasteiger partial charge in [0.05, 0.1) is 0 Å². The molecular weight excluding hydrogens is 1390 g/mol. The van der Waals surface area contributed by atoms with E-state index in [2.05, 4.69) is 388 Å². The number of halogens is 2. The minimum Gasteiger partial charge on any atom is -1.00 e. The van der Waals surface area contributed by atoms with Crippen LogP contribution in [0.1, 0.15) is 0 Å². The molecule has 16 aromatic carbocycles. The second-order valence-corrected chi connectivity index (χ2v) is 30.3. The molecule has 0 amide bonds. The van der Waals surface area contributed by atoms with Gasteiger partial charge in [-0.1, -0.05) is 267 Å². The van der Waals surface area contributed by atoms with E-state index in [1.807, 2.05) is 0 Å². The van der Waals surface area contributed by atoms with Crippen LogP contribution in [-0.4, -0.2) is 0 Å². The van der Waals surface area contributed by atoms with Crippen LogP contribution in [-0.2, 0) is 52.4 Å². The molecule has 0 fully saturated rings. The van der Waals surface area contributed by atoms with Gasteiger partial charge in [0.1, 0.15) is 0 Å². The molecule has 0 unspecified atom stereocenters. The summed E-state index contributed by atoms with van der Waals surface area (Å²) in [7, 11) is -1.97. The Labute approximate surface area is 598 Å². The van der Waals surface area contributed by atoms with Gasteiger partial charge in [0.15, 0.2) is 0 Å². The minimum absolute atomic E-state index is 0. The fourth-order valence-electron chi connectivity index (χ4n) is 11.5. The van der Waals surface area contributed by atoms with Gasteiger partial charge < -0.3 is 24.8 Å². The van der Waals surface area contributed by atoms with Crippen LogP contribution >= 0.6 is 31.7 Å². The zero-order valence-electron chi connectivity index (χ0n) is 50.5. The largest absolute Gasteiger partial charge is 2.00 e. The second kappa shape index (κ2) is 34.9. The summed E-state index contributed by atoms with van der Waals surface area (Å²) in [5.74, 6) is 0. The van der Waals surface area contributed by atoms with Gasteiger partial charge in [-0.15, -0.1) is 161 Å². The Kier molecular flexibility index (Phi) is 26.3. The van der Waals surface area contributed by atoms with Crippen molar-refractivity contribution in [2.45, 2.75) is 0 Å². The first-order valence-electron chi connectivity index (χ1n) is 29.9. The molecule has 16 rings (SSSR count). The van der Waals surface area contributed by atoms with E-state index in [4.69, 9.17) is 0 Å². The van der Waals surface area contributed by atoms with Crippen LogP contribution in [0.15, 0.2) is 388 Å². The molecule has 0 spiro atoms. The summed E-state index contributed by atoms with van der Waals surface area (Å²) in [6.45, 7) is 0. The van der Waals surface area contributed by atoms with Crippen LogP contribution in [0.25, 0.3) is 43.1 Å². The second-order valence-electron chi connectivity index (χ2n) is 21.4. The monoisotopic (exact) mass is 1450 g/mol. The van der Waals surface area contributed by atoms with Gasteiger partial charge in [-0.2, -0.15) is 24.3 Å². The number of hydrogen-bond acceptors (Lipinski definition) is 0. The van der Waals surface area contributed by atoms with Crippen LogP contribution in [0.5, 0.6) is 0 Å². The van der Waals surface area contributed by atoms with Crippen molar-refractivity contribution in [2.75, 3.05) is 0 Å². The molecule has 0 atom stereocenters. The van der Waals surface area contributed by atoms with Crippen molar-refractivity contribution < 1.29 is 77.2 Å². The summed E-state index contributed by atoms with van der Waals surface area (Å²) in [4.78, 5) is 0. The first kappa shape index (κ1) is 69.5. The molecule has 0 nitrogen and oxygen atoms in total. The molecule has 0 aliphatic heterocycles. The first-order chi connectivity index (χ1) is 43.7. The summed E-state index contributed by atoms with van der Waals surface area (Å²) >= 11 is 0. The molecule has 0 saturated carbocycles. The van der Waals surface area contributed by atoms with E-state index in [0.29, 0.717) is 0 Å². The van der Waals surface area contributed by atoms with Crippen LogP contribution in [0, 0.1) is 0 Å². The summed E-state index contributed by atoms with van der Waals surface area (Å²) < 4.78 is 0. The van der Waals surface area contributed by atoms with E-state index in [1.165, 1.54) is 107 Å². The molecule has 0 aliphatic carbocycles. The van der Waals surface area contributed by atoms with E-state index < -0.39 is 31.7 Å². The van der Waals surface area contributed by atoms with Gasteiger partial charge in [-0.05, 0) is 74.1 Å². The van der Waals surface area contributed by atoms with Crippen LogP contribution in [0.2, 0.25) is 0 Å². The topological polar surface area (TPSA) is 0 Å². The molecule has 444 valence electrons. The maximum Gasteiger partial charge on any atom is 2.00 e. The van der Waals surface area contributed by atoms with E-state index in [-0.39, 0.29) is 77.2 Å². The Bertz CT molecular complexity index is 3850. The third-order valence-electron chi connectivity index (χ3n) is 15.6. The standard InChI is InChI=1S/4C21H16P.2ClH.2Zr/c4*1-3-11-19(12-4-1)22(20-13-5-2-6-14-20)21-15-17-9-7-8-10-18(17)16-21;;;;/h4*1-16H;2*1H;;/q4*-1;;;2*+2/p-2. The van der Waals surface area contributed by atoms with Crippen LogP contribution in [0.3, 0.4) is 0 Å². The van der Waals surface area contributed by atoms with Gasteiger partial charge in [-0.3, -0.25) is 0 Å². The maximum absolute atomic E-state index is 2.35. The summed E-state index contributed by atoms with van der Waals surface area (Å²) in [6, 6.07) is 140. The summed E-state index contributed by atoms with van der Waals surface area (Å²) in [5, 5.41) is 27.6. The fourth-order valence-corrected chi connectivity index (χ4v) is 20.9. The van der Waals surface area contributed by atoms with Crippen molar-refractivity contribution in [3.05, 3.63) is 388 Å². The van der Waals surface area contributed by atoms with Crippen LogP contribution in [0.4, 0.5) is 0 Å². The van der Waals surface area contributed by atoms with Gasteiger partial charge in [-0.25, -0.2) is 0 Å². The van der Waals surface area contributed by atoms with Crippen molar-refractivity contribution in [2.24, 2.45) is 0 Å². The Morgan fingerprint density at radius 3 is 0.435 bits per heavy atom. The SMILES string of the molecule is [Cl-].[Cl-].[Zr+2].[Zr+2].c1ccc(P(c2ccccc2)c2cc3ccccc3[cH-]2)cc1.c1ccc(P(c2ccccc2)c2cc3ccccc3[cH-]2)cc1.c1ccc(P(c2ccccc2)c2cc3ccccc3[cH-]2)cc1.c1ccc(P(c2ccccc2)c2cc3ccccc3[cH-]2)cc1. The number of hydrogen-bond donors (Lipinski definition) is 0. The normalized spacial score (nSPS) is 10.7. The molecule has 0 radical (unpaired) electrons. The van der Waals surface area contributed by atoms with Gasteiger partial charge >= 0.3 is 52.4 Å². The predicted octanol–water partition coefficient (Wildman–Crippen LogP) is 11.3. The molecule has 0 aliphatic rings. The zero-order chi connectivity index (χ0) is 59.1. The van der Waals surface area contributed by atoms with Crippen molar-refractivity contribution in [1.82, 2.24) is 0 Å².